The van der Waals surface area contributed by atoms with Crippen LogP contribution in [0.25, 0.3) is 0 Å². The van der Waals surface area contributed by atoms with Crippen molar-refractivity contribution in [2.24, 2.45) is 5.41 Å². The number of methoxy groups -OCH3 is 1. The molecule has 0 unspecified atom stereocenters. The fourth-order valence-electron chi connectivity index (χ4n) is 2.66. The predicted octanol–water partition coefficient (Wildman–Crippen LogP) is 2.49. The molecule has 3 rings (SSSR count). The molecule has 0 N–H and O–H groups in total. The summed E-state index contributed by atoms with van der Waals surface area (Å²) in [5.41, 5.74) is -0.175. The molecule has 3 saturated carbocycles. The minimum atomic E-state index is -0.175. The second-order valence-corrected chi connectivity index (χ2v) is 5.22. The highest BCUT2D eigenvalue weighted by Crippen LogP contribution is 2.55. The molecule has 0 amide bonds. The van der Waals surface area contributed by atoms with Crippen LogP contribution in [0, 0.1) is 5.41 Å². The van der Waals surface area contributed by atoms with E-state index in [1.165, 1.54) is 7.11 Å². The van der Waals surface area contributed by atoms with Gasteiger partial charge in [-0.25, -0.2) is 0 Å². The first-order valence-electron chi connectivity index (χ1n) is 4.88. The zero-order chi connectivity index (χ0) is 9.53. The van der Waals surface area contributed by atoms with E-state index >= 15 is 0 Å². The molecule has 0 aliphatic heterocycles. The Morgan fingerprint density at radius 2 is 1.62 bits per heavy atom. The Labute approximate surface area is 83.6 Å². The third kappa shape index (κ3) is 1.35. The van der Waals surface area contributed by atoms with Crippen molar-refractivity contribution < 1.29 is 9.53 Å². The number of hydrogen-bond donors (Lipinski definition) is 0. The molecule has 0 radical (unpaired) electrons. The van der Waals surface area contributed by atoms with Crippen LogP contribution in [0.2, 0.25) is 0 Å². The van der Waals surface area contributed by atoms with Crippen LogP contribution < -0.4 is 0 Å². The summed E-state index contributed by atoms with van der Waals surface area (Å²) in [6, 6.07) is 0. The van der Waals surface area contributed by atoms with E-state index in [1.807, 2.05) is 0 Å². The van der Waals surface area contributed by atoms with Gasteiger partial charge in [-0.1, -0.05) is 0 Å². The Bertz CT molecular complexity index is 213. The van der Waals surface area contributed by atoms with Gasteiger partial charge in [-0.15, -0.1) is 11.6 Å². The van der Waals surface area contributed by atoms with Crippen LogP contribution in [-0.2, 0) is 9.53 Å². The first-order chi connectivity index (χ1) is 6.10. The Balaban J connectivity index is 2.15. The summed E-state index contributed by atoms with van der Waals surface area (Å²) < 4.78 is 4.86. The number of fused-ring (bicyclic) bond motifs is 3. The van der Waals surface area contributed by atoms with Crippen LogP contribution in [0.3, 0.4) is 0 Å². The quantitative estimate of drug-likeness (QED) is 0.483. The van der Waals surface area contributed by atoms with E-state index < -0.39 is 0 Å². The number of esters is 1. The SMILES string of the molecule is COC(=O)C12CCC(Cl)(CC1)CC2. The molecule has 0 atom stereocenters. The summed E-state index contributed by atoms with van der Waals surface area (Å²) in [7, 11) is 1.48. The monoisotopic (exact) mass is 202 g/mol. The second kappa shape index (κ2) is 2.88. The summed E-state index contributed by atoms with van der Waals surface area (Å²) in [5.74, 6) is -0.0223. The number of alkyl halides is 1. The van der Waals surface area contributed by atoms with Gasteiger partial charge in [-0.3, -0.25) is 4.79 Å². The summed E-state index contributed by atoms with van der Waals surface area (Å²) in [6.45, 7) is 0. The molecule has 0 spiro atoms. The largest absolute Gasteiger partial charge is 0.469 e. The lowest BCUT2D eigenvalue weighted by Gasteiger charge is -2.48. The normalized spacial score (nSPS) is 43.2. The van der Waals surface area contributed by atoms with Gasteiger partial charge in [-0.05, 0) is 38.5 Å². The van der Waals surface area contributed by atoms with Gasteiger partial charge >= 0.3 is 5.97 Å². The van der Waals surface area contributed by atoms with E-state index in [4.69, 9.17) is 16.3 Å². The molecular formula is C10H15ClO2. The van der Waals surface area contributed by atoms with E-state index in [-0.39, 0.29) is 16.3 Å². The molecule has 3 fully saturated rings. The van der Waals surface area contributed by atoms with Crippen LogP contribution in [-0.4, -0.2) is 18.0 Å². The van der Waals surface area contributed by atoms with Gasteiger partial charge in [0.25, 0.3) is 0 Å². The van der Waals surface area contributed by atoms with Gasteiger partial charge < -0.3 is 4.74 Å². The number of halogens is 1. The van der Waals surface area contributed by atoms with Crippen molar-refractivity contribution >= 4 is 17.6 Å². The topological polar surface area (TPSA) is 26.3 Å². The predicted molar refractivity (Wildman–Crippen MR) is 50.7 cm³/mol. The third-order valence-corrected chi connectivity index (χ3v) is 4.34. The van der Waals surface area contributed by atoms with E-state index in [0.29, 0.717) is 0 Å². The van der Waals surface area contributed by atoms with Crippen molar-refractivity contribution in [3.63, 3.8) is 0 Å². The molecule has 2 nitrogen and oxygen atoms in total. The van der Waals surface area contributed by atoms with Gasteiger partial charge in [0, 0.05) is 4.87 Å². The van der Waals surface area contributed by atoms with Crippen LogP contribution >= 0.6 is 11.6 Å². The third-order valence-electron chi connectivity index (χ3n) is 3.77. The molecule has 3 aliphatic rings. The maximum Gasteiger partial charge on any atom is 0.311 e. The van der Waals surface area contributed by atoms with Crippen LogP contribution in [0.15, 0.2) is 0 Å². The number of carbonyl (C=O) groups excluding carboxylic acids is 1. The van der Waals surface area contributed by atoms with Crippen molar-refractivity contribution in [3.05, 3.63) is 0 Å². The minimum absolute atomic E-state index is 0.00969. The van der Waals surface area contributed by atoms with Crippen molar-refractivity contribution in [3.8, 4) is 0 Å². The molecule has 0 aromatic heterocycles. The van der Waals surface area contributed by atoms with Gasteiger partial charge in [0.15, 0.2) is 0 Å². The molecule has 0 aromatic carbocycles. The molecule has 13 heavy (non-hydrogen) atoms. The van der Waals surface area contributed by atoms with Gasteiger partial charge in [0.05, 0.1) is 12.5 Å². The van der Waals surface area contributed by atoms with E-state index in [2.05, 4.69) is 0 Å². The number of ether oxygens (including phenoxy) is 1. The highest BCUT2D eigenvalue weighted by Gasteiger charge is 2.52. The fraction of sp³-hybridized carbons (Fsp3) is 0.900. The molecular weight excluding hydrogens is 188 g/mol. The van der Waals surface area contributed by atoms with Crippen molar-refractivity contribution in [1.29, 1.82) is 0 Å². The number of carbonyl (C=O) groups is 1. The maximum absolute atomic E-state index is 11.6. The summed E-state index contributed by atoms with van der Waals surface area (Å²) >= 11 is 6.36. The standard InChI is InChI=1S/C10H15ClO2/c1-13-8(12)9-2-5-10(11,6-3-9)7-4-9/h2-7H2,1H3. The highest BCUT2D eigenvalue weighted by atomic mass is 35.5. The lowest BCUT2D eigenvalue weighted by Crippen LogP contribution is -2.47. The fourth-order valence-corrected chi connectivity index (χ4v) is 2.95. The van der Waals surface area contributed by atoms with Gasteiger partial charge in [0.2, 0.25) is 0 Å². The molecule has 0 heterocycles. The van der Waals surface area contributed by atoms with Crippen LogP contribution in [0.1, 0.15) is 38.5 Å². The Morgan fingerprint density at radius 3 is 2.00 bits per heavy atom. The van der Waals surface area contributed by atoms with Gasteiger partial charge in [-0.2, -0.15) is 0 Å². The maximum atomic E-state index is 11.6. The molecule has 3 heteroatoms. The van der Waals surface area contributed by atoms with Crippen molar-refractivity contribution in [2.75, 3.05) is 7.11 Å². The van der Waals surface area contributed by atoms with Crippen LogP contribution in [0.4, 0.5) is 0 Å². The lowest BCUT2D eigenvalue weighted by molar-refractivity contribution is -0.158. The molecule has 3 aliphatic carbocycles. The van der Waals surface area contributed by atoms with E-state index in [9.17, 15) is 4.79 Å². The Hall–Kier alpha value is -0.240. The second-order valence-electron chi connectivity index (χ2n) is 4.42. The number of hydrogen-bond acceptors (Lipinski definition) is 2. The lowest BCUT2D eigenvalue weighted by atomic mass is 9.60. The van der Waals surface area contributed by atoms with Crippen molar-refractivity contribution in [1.82, 2.24) is 0 Å². The number of rotatable bonds is 1. The Kier molecular flexibility index (Phi) is 2.06. The smallest absolute Gasteiger partial charge is 0.311 e. The minimum Gasteiger partial charge on any atom is -0.469 e. The molecule has 74 valence electrons. The molecule has 0 saturated heterocycles. The first kappa shape index (κ1) is 9.32. The summed E-state index contributed by atoms with van der Waals surface area (Å²) in [6.07, 6.45) is 5.69. The Morgan fingerprint density at radius 1 is 1.15 bits per heavy atom. The van der Waals surface area contributed by atoms with E-state index in [1.54, 1.807) is 0 Å². The van der Waals surface area contributed by atoms with Gasteiger partial charge in [0.1, 0.15) is 0 Å². The van der Waals surface area contributed by atoms with Crippen LogP contribution in [0.5, 0.6) is 0 Å². The average Bonchev–Trinajstić information content (AvgIpc) is 2.18. The average molecular weight is 203 g/mol. The molecule has 0 aromatic rings. The van der Waals surface area contributed by atoms with E-state index in [0.717, 1.165) is 38.5 Å². The summed E-state index contributed by atoms with van der Waals surface area (Å²) in [5, 5.41) is 0. The molecule has 2 bridgehead atoms. The first-order valence-corrected chi connectivity index (χ1v) is 5.25. The zero-order valence-electron chi connectivity index (χ0n) is 7.94. The zero-order valence-corrected chi connectivity index (χ0v) is 8.69. The summed E-state index contributed by atoms with van der Waals surface area (Å²) in [4.78, 5) is 11.6. The highest BCUT2D eigenvalue weighted by molar-refractivity contribution is 6.24. The van der Waals surface area contributed by atoms with Crippen molar-refractivity contribution in [2.45, 2.75) is 43.4 Å².